The van der Waals surface area contributed by atoms with Crippen LogP contribution in [0.4, 0.5) is 13.2 Å². The first-order valence-electron chi connectivity index (χ1n) is 7.95. The number of amides is 1. The summed E-state index contributed by atoms with van der Waals surface area (Å²) in [6.07, 6.45) is -6.02. The predicted molar refractivity (Wildman–Crippen MR) is 97.4 cm³/mol. The number of rotatable bonds is 4. The zero-order valence-corrected chi connectivity index (χ0v) is 15.6. The largest absolute Gasteiger partial charge is 0.482 e. The molecule has 5 nitrogen and oxygen atoms in total. The smallest absolute Gasteiger partial charge is 0.438 e. The van der Waals surface area contributed by atoms with Crippen LogP contribution in [0.2, 0.25) is 10.0 Å². The monoisotopic (exact) mass is 432 g/mol. The molecule has 0 aliphatic carbocycles. The lowest BCUT2D eigenvalue weighted by Crippen LogP contribution is -2.57. The van der Waals surface area contributed by atoms with Crippen molar-refractivity contribution in [1.82, 2.24) is 5.01 Å². The van der Waals surface area contributed by atoms with Gasteiger partial charge in [0, 0.05) is 5.02 Å². The normalized spacial score (nSPS) is 19.5. The molecule has 1 N–H and O–H groups in total. The van der Waals surface area contributed by atoms with Crippen LogP contribution in [0.25, 0.3) is 0 Å². The van der Waals surface area contributed by atoms with Crippen molar-refractivity contribution in [3.8, 4) is 5.75 Å². The van der Waals surface area contributed by atoms with Gasteiger partial charge in [-0.2, -0.15) is 23.3 Å². The maximum Gasteiger partial charge on any atom is 0.438 e. The van der Waals surface area contributed by atoms with Gasteiger partial charge in [0.2, 0.25) is 0 Å². The van der Waals surface area contributed by atoms with Gasteiger partial charge >= 0.3 is 6.18 Å². The number of benzene rings is 2. The highest BCUT2D eigenvalue weighted by Gasteiger charge is 2.63. The number of nitrogens with zero attached hydrogens (tertiary/aromatic N) is 2. The van der Waals surface area contributed by atoms with E-state index < -0.39 is 30.8 Å². The van der Waals surface area contributed by atoms with Crippen molar-refractivity contribution in [1.29, 1.82) is 0 Å². The second-order valence-corrected chi connectivity index (χ2v) is 6.82. The Bertz CT molecular complexity index is 922. The number of carbonyl (C=O) groups excluding carboxylic acids is 1. The Labute approximate surface area is 167 Å². The molecule has 0 unspecified atom stereocenters. The maximum absolute atomic E-state index is 13.5. The Morgan fingerprint density at radius 1 is 1.21 bits per heavy atom. The van der Waals surface area contributed by atoms with Gasteiger partial charge in [-0.05, 0) is 23.8 Å². The van der Waals surface area contributed by atoms with Crippen molar-refractivity contribution >= 4 is 34.8 Å². The first kappa shape index (κ1) is 20.4. The van der Waals surface area contributed by atoms with E-state index in [0.717, 1.165) is 0 Å². The number of halogens is 5. The second-order valence-electron chi connectivity index (χ2n) is 5.97. The van der Waals surface area contributed by atoms with Crippen LogP contribution < -0.4 is 4.74 Å². The minimum atomic E-state index is -5.12. The van der Waals surface area contributed by atoms with Crippen LogP contribution in [-0.4, -0.2) is 40.2 Å². The van der Waals surface area contributed by atoms with Crippen LogP contribution >= 0.6 is 23.2 Å². The summed E-state index contributed by atoms with van der Waals surface area (Å²) in [6.45, 7) is -0.814. The van der Waals surface area contributed by atoms with Crippen molar-refractivity contribution in [2.75, 3.05) is 6.61 Å². The fourth-order valence-corrected chi connectivity index (χ4v) is 3.08. The molecule has 3 rings (SSSR count). The highest BCUT2D eigenvalue weighted by atomic mass is 35.5. The van der Waals surface area contributed by atoms with E-state index in [1.54, 1.807) is 18.2 Å². The number of hydrogen-bond donors (Lipinski definition) is 1. The number of hydrogen-bond acceptors (Lipinski definition) is 4. The molecule has 1 amide bonds. The zero-order valence-electron chi connectivity index (χ0n) is 14.1. The molecule has 0 bridgehead atoms. The third-order valence-electron chi connectivity index (χ3n) is 4.03. The van der Waals surface area contributed by atoms with Gasteiger partial charge in [0.1, 0.15) is 5.75 Å². The molecule has 0 spiro atoms. The first-order valence-corrected chi connectivity index (χ1v) is 8.70. The number of ether oxygens (including phenoxy) is 1. The molecule has 0 fully saturated rings. The fourth-order valence-electron chi connectivity index (χ4n) is 2.61. The third kappa shape index (κ3) is 3.94. The number of aliphatic hydroxyl groups is 1. The van der Waals surface area contributed by atoms with Crippen molar-refractivity contribution in [2.45, 2.75) is 18.3 Å². The lowest BCUT2D eigenvalue weighted by Gasteiger charge is -2.32. The Morgan fingerprint density at radius 2 is 1.89 bits per heavy atom. The molecule has 2 aromatic carbocycles. The van der Waals surface area contributed by atoms with Crippen LogP contribution in [0.15, 0.2) is 53.6 Å². The van der Waals surface area contributed by atoms with Gasteiger partial charge in [0.15, 0.2) is 6.61 Å². The highest BCUT2D eigenvalue weighted by molar-refractivity contribution is 6.35. The number of hydrazone groups is 1. The number of alkyl halides is 3. The molecule has 2 aromatic rings. The van der Waals surface area contributed by atoms with Gasteiger partial charge in [-0.25, -0.2) is 0 Å². The molecule has 0 aromatic heterocycles. The Morgan fingerprint density at radius 3 is 2.50 bits per heavy atom. The predicted octanol–water partition coefficient (Wildman–Crippen LogP) is 4.26. The zero-order chi connectivity index (χ0) is 20.5. The van der Waals surface area contributed by atoms with E-state index in [4.69, 9.17) is 27.9 Å². The lowest BCUT2D eigenvalue weighted by atomic mass is 10.0. The average molecular weight is 433 g/mol. The molecule has 0 saturated carbocycles. The summed E-state index contributed by atoms with van der Waals surface area (Å²) in [5, 5.41) is 14.4. The molecule has 1 aliphatic rings. The van der Waals surface area contributed by atoms with Gasteiger partial charge in [-0.3, -0.25) is 4.79 Å². The highest BCUT2D eigenvalue weighted by Crippen LogP contribution is 2.41. The molecular formula is C18H13Cl2F3N2O3. The average Bonchev–Trinajstić information content (AvgIpc) is 3.00. The van der Waals surface area contributed by atoms with Crippen LogP contribution in [-0.2, 0) is 4.79 Å². The van der Waals surface area contributed by atoms with E-state index in [2.05, 4.69) is 5.10 Å². The van der Waals surface area contributed by atoms with Gasteiger partial charge < -0.3 is 9.84 Å². The summed E-state index contributed by atoms with van der Waals surface area (Å²) in [4.78, 5) is 12.4. The summed E-state index contributed by atoms with van der Waals surface area (Å²) in [5.74, 6) is -1.13. The van der Waals surface area contributed by atoms with E-state index in [1.807, 2.05) is 0 Å². The first-order chi connectivity index (χ1) is 13.1. The molecule has 10 heteroatoms. The van der Waals surface area contributed by atoms with Crippen LogP contribution in [0.1, 0.15) is 12.0 Å². The minimum Gasteiger partial charge on any atom is -0.482 e. The summed E-state index contributed by atoms with van der Waals surface area (Å²) < 4.78 is 45.8. The van der Waals surface area contributed by atoms with Crippen LogP contribution in [0, 0.1) is 0 Å². The Balaban J connectivity index is 1.85. The molecule has 1 atom stereocenters. The van der Waals surface area contributed by atoms with Crippen molar-refractivity contribution in [3.05, 3.63) is 64.1 Å². The molecule has 1 heterocycles. The lowest BCUT2D eigenvalue weighted by molar-refractivity contribution is -0.302. The minimum absolute atomic E-state index is 0.0131. The summed E-state index contributed by atoms with van der Waals surface area (Å²) in [7, 11) is 0. The standard InChI is InChI=1S/C18H13Cl2F3N2O3/c19-12-6-7-15(13(20)8-12)28-10-16(26)25-17(27,18(21,22)23)9-14(24-25)11-4-2-1-3-5-11/h1-8,27H,9-10H2/t17-/m0/s1. The van der Waals surface area contributed by atoms with E-state index in [1.165, 1.54) is 30.3 Å². The molecule has 28 heavy (non-hydrogen) atoms. The van der Waals surface area contributed by atoms with E-state index in [9.17, 15) is 23.1 Å². The molecule has 148 valence electrons. The Kier molecular flexibility index (Phi) is 5.56. The summed E-state index contributed by atoms with van der Waals surface area (Å²) >= 11 is 11.7. The van der Waals surface area contributed by atoms with E-state index >= 15 is 0 Å². The topological polar surface area (TPSA) is 62.1 Å². The molecule has 0 saturated heterocycles. The molecule has 0 radical (unpaired) electrons. The number of carbonyl (C=O) groups is 1. The maximum atomic E-state index is 13.5. The quantitative estimate of drug-likeness (QED) is 0.784. The molecular weight excluding hydrogens is 420 g/mol. The van der Waals surface area contributed by atoms with Crippen molar-refractivity contribution < 1.29 is 27.8 Å². The van der Waals surface area contributed by atoms with Gasteiger partial charge in [-0.1, -0.05) is 53.5 Å². The van der Waals surface area contributed by atoms with Gasteiger partial charge in [0.25, 0.3) is 11.6 Å². The van der Waals surface area contributed by atoms with E-state index in [0.29, 0.717) is 10.6 Å². The van der Waals surface area contributed by atoms with Gasteiger partial charge in [-0.15, -0.1) is 0 Å². The third-order valence-corrected chi connectivity index (χ3v) is 4.56. The SMILES string of the molecule is O=C(COc1ccc(Cl)cc1Cl)N1N=C(c2ccccc2)C[C@]1(O)C(F)(F)F. The Hall–Kier alpha value is -2.29. The second kappa shape index (κ2) is 7.62. The fraction of sp³-hybridized carbons (Fsp3) is 0.222. The van der Waals surface area contributed by atoms with E-state index in [-0.39, 0.29) is 21.5 Å². The van der Waals surface area contributed by atoms with Crippen molar-refractivity contribution in [3.63, 3.8) is 0 Å². The summed E-state index contributed by atoms with van der Waals surface area (Å²) in [5.41, 5.74) is -3.18. The molecule has 1 aliphatic heterocycles. The van der Waals surface area contributed by atoms with Gasteiger partial charge in [0.05, 0.1) is 17.2 Å². The van der Waals surface area contributed by atoms with Crippen LogP contribution in [0.5, 0.6) is 5.75 Å². The van der Waals surface area contributed by atoms with Crippen LogP contribution in [0.3, 0.4) is 0 Å². The van der Waals surface area contributed by atoms with Crippen molar-refractivity contribution in [2.24, 2.45) is 5.10 Å². The summed E-state index contributed by atoms with van der Waals surface area (Å²) in [6, 6.07) is 12.2.